The van der Waals surface area contributed by atoms with Crippen LogP contribution in [0.2, 0.25) is 5.02 Å². The Balaban J connectivity index is 1.48. The highest BCUT2D eigenvalue weighted by Crippen LogP contribution is 2.30. The van der Waals surface area contributed by atoms with Crippen molar-refractivity contribution in [1.29, 1.82) is 0 Å². The highest BCUT2D eigenvalue weighted by atomic mass is 35.5. The van der Waals surface area contributed by atoms with Crippen LogP contribution >= 0.6 is 11.6 Å². The molecular weight excluding hydrogens is 318 g/mol. The molecule has 0 aromatic heterocycles. The Hall–Kier alpha value is -2.40. The molecule has 0 saturated heterocycles. The molecule has 0 aliphatic carbocycles. The van der Waals surface area contributed by atoms with Crippen molar-refractivity contribution in [2.24, 2.45) is 0 Å². The number of rotatable bonds is 5. The minimum absolute atomic E-state index is 0.0494. The second-order valence-electron chi connectivity index (χ2n) is 5.00. The number of amides is 1. The number of halogens is 1. The van der Waals surface area contributed by atoms with E-state index in [0.29, 0.717) is 36.3 Å². The van der Waals surface area contributed by atoms with Crippen molar-refractivity contribution in [3.05, 3.63) is 53.1 Å². The second kappa shape index (κ2) is 7.24. The zero-order valence-corrected chi connectivity index (χ0v) is 13.1. The normalized spacial score (nSPS) is 12.6. The number of ether oxygens (including phenoxy) is 3. The van der Waals surface area contributed by atoms with Gasteiger partial charge in [0.1, 0.15) is 19.0 Å². The monoisotopic (exact) mass is 333 g/mol. The van der Waals surface area contributed by atoms with Gasteiger partial charge in [0.25, 0.3) is 5.91 Å². The third kappa shape index (κ3) is 4.29. The molecule has 1 amide bonds. The third-order valence-electron chi connectivity index (χ3n) is 3.28. The first-order chi connectivity index (χ1) is 11.2. The lowest BCUT2D eigenvalue weighted by atomic mass is 10.2. The molecule has 1 aliphatic heterocycles. The van der Waals surface area contributed by atoms with Crippen LogP contribution in [0.4, 0.5) is 0 Å². The first-order valence-electron chi connectivity index (χ1n) is 7.24. The lowest BCUT2D eigenvalue weighted by molar-refractivity contribution is -0.123. The molecular formula is C17H16ClNO4. The fourth-order valence-electron chi connectivity index (χ4n) is 2.13. The van der Waals surface area contributed by atoms with Crippen LogP contribution in [-0.4, -0.2) is 25.7 Å². The Morgan fingerprint density at radius 2 is 1.83 bits per heavy atom. The van der Waals surface area contributed by atoms with E-state index in [4.69, 9.17) is 25.8 Å². The summed E-state index contributed by atoms with van der Waals surface area (Å²) in [4.78, 5) is 11.8. The van der Waals surface area contributed by atoms with Gasteiger partial charge in [-0.05, 0) is 42.0 Å². The molecule has 0 atom stereocenters. The molecule has 0 fully saturated rings. The average Bonchev–Trinajstić information content (AvgIpc) is 2.59. The van der Waals surface area contributed by atoms with Gasteiger partial charge >= 0.3 is 0 Å². The lowest BCUT2D eigenvalue weighted by Crippen LogP contribution is -2.28. The largest absolute Gasteiger partial charge is 0.486 e. The molecule has 1 aliphatic rings. The number of carbonyl (C=O) groups excluding carboxylic acids is 1. The average molecular weight is 334 g/mol. The van der Waals surface area contributed by atoms with Gasteiger partial charge in [0.05, 0.1) is 0 Å². The standard InChI is InChI=1S/C17H16ClNO4/c18-13-2-4-14(5-3-13)23-11-17(20)19-10-12-1-6-15-16(9-12)22-8-7-21-15/h1-6,9H,7-8,10-11H2,(H,19,20). The predicted octanol–water partition coefficient (Wildman–Crippen LogP) is 2.81. The maximum Gasteiger partial charge on any atom is 0.258 e. The highest BCUT2D eigenvalue weighted by molar-refractivity contribution is 6.30. The fourth-order valence-corrected chi connectivity index (χ4v) is 2.26. The van der Waals surface area contributed by atoms with E-state index in [1.54, 1.807) is 24.3 Å². The van der Waals surface area contributed by atoms with Gasteiger partial charge in [0.15, 0.2) is 18.1 Å². The summed E-state index contributed by atoms with van der Waals surface area (Å²) in [6, 6.07) is 12.5. The molecule has 3 rings (SSSR count). The number of carbonyl (C=O) groups is 1. The molecule has 23 heavy (non-hydrogen) atoms. The van der Waals surface area contributed by atoms with Crippen LogP contribution in [-0.2, 0) is 11.3 Å². The van der Waals surface area contributed by atoms with Crippen molar-refractivity contribution >= 4 is 17.5 Å². The molecule has 6 heteroatoms. The van der Waals surface area contributed by atoms with E-state index in [1.807, 2.05) is 18.2 Å². The topological polar surface area (TPSA) is 56.8 Å². The summed E-state index contributed by atoms with van der Waals surface area (Å²) in [6.07, 6.45) is 0. The van der Waals surface area contributed by atoms with Crippen molar-refractivity contribution in [1.82, 2.24) is 5.32 Å². The number of hydrogen-bond acceptors (Lipinski definition) is 4. The first-order valence-corrected chi connectivity index (χ1v) is 7.62. The summed E-state index contributed by atoms with van der Waals surface area (Å²) < 4.78 is 16.4. The van der Waals surface area contributed by atoms with E-state index in [0.717, 1.165) is 11.3 Å². The number of benzene rings is 2. The molecule has 120 valence electrons. The molecule has 0 spiro atoms. The van der Waals surface area contributed by atoms with Crippen molar-refractivity contribution in [2.75, 3.05) is 19.8 Å². The Labute approximate surface area is 139 Å². The van der Waals surface area contributed by atoms with Gasteiger partial charge in [-0.3, -0.25) is 4.79 Å². The summed E-state index contributed by atoms with van der Waals surface area (Å²) >= 11 is 5.79. The molecule has 2 aromatic carbocycles. The Morgan fingerprint density at radius 1 is 1.09 bits per heavy atom. The van der Waals surface area contributed by atoms with Gasteiger partial charge in [-0.25, -0.2) is 0 Å². The van der Waals surface area contributed by atoms with E-state index in [-0.39, 0.29) is 12.5 Å². The van der Waals surface area contributed by atoms with Gasteiger partial charge in [-0.15, -0.1) is 0 Å². The smallest absolute Gasteiger partial charge is 0.258 e. The van der Waals surface area contributed by atoms with E-state index < -0.39 is 0 Å². The minimum Gasteiger partial charge on any atom is -0.486 e. The Morgan fingerprint density at radius 3 is 2.61 bits per heavy atom. The van der Waals surface area contributed by atoms with Crippen LogP contribution < -0.4 is 19.5 Å². The highest BCUT2D eigenvalue weighted by Gasteiger charge is 2.12. The molecule has 2 aromatic rings. The van der Waals surface area contributed by atoms with E-state index >= 15 is 0 Å². The SMILES string of the molecule is O=C(COc1ccc(Cl)cc1)NCc1ccc2c(c1)OCCO2. The molecule has 0 radical (unpaired) electrons. The van der Waals surface area contributed by atoms with Crippen molar-refractivity contribution < 1.29 is 19.0 Å². The van der Waals surface area contributed by atoms with E-state index in [2.05, 4.69) is 5.32 Å². The van der Waals surface area contributed by atoms with Crippen LogP contribution in [0.1, 0.15) is 5.56 Å². The van der Waals surface area contributed by atoms with Gasteiger partial charge in [-0.2, -0.15) is 0 Å². The maximum absolute atomic E-state index is 11.8. The van der Waals surface area contributed by atoms with E-state index in [9.17, 15) is 4.79 Å². The number of fused-ring (bicyclic) bond motifs is 1. The van der Waals surface area contributed by atoms with Crippen molar-refractivity contribution in [3.63, 3.8) is 0 Å². The summed E-state index contributed by atoms with van der Waals surface area (Å²) in [5.41, 5.74) is 0.939. The predicted molar refractivity (Wildman–Crippen MR) is 86.2 cm³/mol. The van der Waals surface area contributed by atoms with Crippen molar-refractivity contribution in [3.8, 4) is 17.2 Å². The molecule has 5 nitrogen and oxygen atoms in total. The fraction of sp³-hybridized carbons (Fsp3) is 0.235. The minimum atomic E-state index is -0.199. The summed E-state index contributed by atoms with van der Waals surface area (Å²) in [5, 5.41) is 3.43. The quantitative estimate of drug-likeness (QED) is 0.914. The molecule has 0 saturated carbocycles. The molecule has 1 heterocycles. The number of hydrogen-bond donors (Lipinski definition) is 1. The number of nitrogens with one attached hydrogen (secondary N) is 1. The van der Waals surface area contributed by atoms with Crippen LogP contribution in [0, 0.1) is 0 Å². The van der Waals surface area contributed by atoms with Gasteiger partial charge in [-0.1, -0.05) is 17.7 Å². The van der Waals surface area contributed by atoms with Crippen LogP contribution in [0.5, 0.6) is 17.2 Å². The van der Waals surface area contributed by atoms with Gasteiger partial charge < -0.3 is 19.5 Å². The van der Waals surface area contributed by atoms with Crippen LogP contribution in [0.3, 0.4) is 0 Å². The molecule has 1 N–H and O–H groups in total. The second-order valence-corrected chi connectivity index (χ2v) is 5.43. The van der Waals surface area contributed by atoms with Crippen molar-refractivity contribution in [2.45, 2.75) is 6.54 Å². The summed E-state index contributed by atoms with van der Waals surface area (Å²) in [7, 11) is 0. The molecule has 0 bridgehead atoms. The molecule has 0 unspecified atom stereocenters. The first kappa shape index (κ1) is 15.5. The Bertz CT molecular complexity index is 687. The lowest BCUT2D eigenvalue weighted by Gasteiger charge is -2.19. The van der Waals surface area contributed by atoms with Gasteiger partial charge in [0, 0.05) is 11.6 Å². The summed E-state index contributed by atoms with van der Waals surface area (Å²) in [5.74, 6) is 1.84. The third-order valence-corrected chi connectivity index (χ3v) is 3.53. The summed E-state index contributed by atoms with van der Waals surface area (Å²) in [6.45, 7) is 1.45. The Kier molecular flexibility index (Phi) is 4.88. The van der Waals surface area contributed by atoms with Crippen LogP contribution in [0.15, 0.2) is 42.5 Å². The maximum atomic E-state index is 11.8. The van der Waals surface area contributed by atoms with Crippen LogP contribution in [0.25, 0.3) is 0 Å². The van der Waals surface area contributed by atoms with E-state index in [1.165, 1.54) is 0 Å². The van der Waals surface area contributed by atoms with Gasteiger partial charge in [0.2, 0.25) is 0 Å². The zero-order chi connectivity index (χ0) is 16.1. The zero-order valence-electron chi connectivity index (χ0n) is 12.4.